The Morgan fingerprint density at radius 2 is 1.88 bits per heavy atom. The molecule has 2 aromatic rings. The normalized spacial score (nSPS) is 12.9. The number of hydrogen-bond donors (Lipinski definition) is 1. The Morgan fingerprint density at radius 3 is 2.54 bits per heavy atom. The van der Waals surface area contributed by atoms with Crippen LogP contribution in [0.3, 0.4) is 0 Å². The molecule has 0 aliphatic carbocycles. The molecule has 0 bridgehead atoms. The molecule has 0 aromatic heterocycles. The fourth-order valence-electron chi connectivity index (χ4n) is 2.54. The molecule has 3 amide bonds. The molecular weight excluding hydrogens is 385 g/mol. The molecule has 0 unspecified atom stereocenters. The van der Waals surface area contributed by atoms with Crippen LogP contribution < -0.4 is 5.32 Å². The topological polar surface area (TPSA) is 110 Å². The summed E-state index contributed by atoms with van der Waals surface area (Å²) in [6.45, 7) is -0.609. The van der Waals surface area contributed by atoms with E-state index in [9.17, 15) is 24.5 Å². The van der Waals surface area contributed by atoms with E-state index >= 15 is 0 Å². The maximum Gasteiger partial charge on any atom is 0.282 e. The second-order valence-corrected chi connectivity index (χ2v) is 6.17. The molecule has 1 N–H and O–H groups in total. The van der Waals surface area contributed by atoms with Gasteiger partial charge in [0.25, 0.3) is 17.5 Å². The zero-order valence-electron chi connectivity index (χ0n) is 12.9. The lowest BCUT2D eigenvalue weighted by atomic mass is 10.1. The third kappa shape index (κ3) is 3.12. The Kier molecular flexibility index (Phi) is 4.62. The number of carbonyl (C=O) groups is 3. The molecule has 10 heteroatoms. The number of anilines is 1. The fraction of sp³-hybridized carbons (Fsp3) is 0.0625. The van der Waals surface area contributed by atoms with E-state index in [0.29, 0.717) is 9.92 Å². The first kappa shape index (κ1) is 17.8. The van der Waals surface area contributed by atoms with Crippen LogP contribution in [0.1, 0.15) is 20.7 Å². The Bertz CT molecular complexity index is 976. The second-order valence-electron chi connectivity index (χ2n) is 5.33. The maximum absolute atomic E-state index is 12.4. The molecule has 1 aliphatic heterocycles. The number of nitrogens with one attached hydrogen (secondary N) is 1. The third-order valence-corrected chi connectivity index (χ3v) is 4.23. The lowest BCUT2D eigenvalue weighted by Crippen LogP contribution is -2.37. The molecule has 3 rings (SSSR count). The number of imide groups is 1. The van der Waals surface area contributed by atoms with Gasteiger partial charge in [-0.1, -0.05) is 29.3 Å². The molecule has 8 nitrogen and oxygen atoms in total. The van der Waals surface area contributed by atoms with Crippen molar-refractivity contribution in [1.29, 1.82) is 0 Å². The summed E-state index contributed by atoms with van der Waals surface area (Å²) in [4.78, 5) is 47.9. The Morgan fingerprint density at radius 1 is 1.15 bits per heavy atom. The Labute approximate surface area is 156 Å². The van der Waals surface area contributed by atoms with Crippen LogP contribution in [0.15, 0.2) is 36.4 Å². The number of hydrogen-bond acceptors (Lipinski definition) is 5. The van der Waals surface area contributed by atoms with E-state index in [1.165, 1.54) is 30.3 Å². The largest absolute Gasteiger partial charge is 0.323 e. The van der Waals surface area contributed by atoms with Crippen molar-refractivity contribution in [3.05, 3.63) is 67.7 Å². The molecule has 26 heavy (non-hydrogen) atoms. The zero-order chi connectivity index (χ0) is 19.0. The lowest BCUT2D eigenvalue weighted by molar-refractivity contribution is -0.385. The molecule has 2 aromatic carbocycles. The van der Waals surface area contributed by atoms with E-state index < -0.39 is 34.9 Å². The minimum Gasteiger partial charge on any atom is -0.323 e. The summed E-state index contributed by atoms with van der Waals surface area (Å²) in [5.41, 5.74) is -0.658. The van der Waals surface area contributed by atoms with Gasteiger partial charge in [0.1, 0.15) is 12.1 Å². The van der Waals surface area contributed by atoms with Crippen LogP contribution in [0.2, 0.25) is 10.0 Å². The minimum atomic E-state index is -0.894. The quantitative estimate of drug-likeness (QED) is 0.487. The standard InChI is InChI=1S/C16H9Cl2N3O5/c17-8-4-5-11(10(18)6-8)19-13(22)7-20-15(23)9-2-1-3-12(21(25)26)14(9)16(20)24/h1-6H,7H2,(H,19,22). The van der Waals surface area contributed by atoms with Crippen molar-refractivity contribution >= 4 is 52.3 Å². The number of benzene rings is 2. The molecular formula is C16H9Cl2N3O5. The van der Waals surface area contributed by atoms with Gasteiger partial charge >= 0.3 is 0 Å². The van der Waals surface area contributed by atoms with Crippen molar-refractivity contribution in [2.45, 2.75) is 0 Å². The summed E-state index contributed by atoms with van der Waals surface area (Å²) < 4.78 is 0. The number of nitro groups is 1. The van der Waals surface area contributed by atoms with E-state index in [4.69, 9.17) is 23.2 Å². The summed E-state index contributed by atoms with van der Waals surface area (Å²) >= 11 is 11.7. The molecule has 0 radical (unpaired) electrons. The number of halogens is 2. The van der Waals surface area contributed by atoms with Crippen LogP contribution in [0, 0.1) is 10.1 Å². The van der Waals surface area contributed by atoms with Crippen molar-refractivity contribution < 1.29 is 19.3 Å². The Balaban J connectivity index is 1.82. The van der Waals surface area contributed by atoms with Crippen LogP contribution in [-0.4, -0.2) is 34.1 Å². The summed E-state index contributed by atoms with van der Waals surface area (Å²) in [7, 11) is 0. The highest BCUT2D eigenvalue weighted by Crippen LogP contribution is 2.31. The van der Waals surface area contributed by atoms with Gasteiger partial charge in [-0.15, -0.1) is 0 Å². The van der Waals surface area contributed by atoms with Crippen molar-refractivity contribution in [3.8, 4) is 0 Å². The second kappa shape index (κ2) is 6.74. The van der Waals surface area contributed by atoms with E-state index in [2.05, 4.69) is 5.32 Å². The van der Waals surface area contributed by atoms with Gasteiger partial charge in [-0.2, -0.15) is 0 Å². The van der Waals surface area contributed by atoms with Crippen LogP contribution >= 0.6 is 23.2 Å². The van der Waals surface area contributed by atoms with Gasteiger partial charge in [0.2, 0.25) is 5.91 Å². The number of nitrogens with zero attached hydrogens (tertiary/aromatic N) is 2. The van der Waals surface area contributed by atoms with E-state index in [0.717, 1.165) is 6.07 Å². The summed E-state index contributed by atoms with van der Waals surface area (Å²) in [5.74, 6) is -2.35. The van der Waals surface area contributed by atoms with E-state index in [1.54, 1.807) is 0 Å². The van der Waals surface area contributed by atoms with E-state index in [-0.39, 0.29) is 21.8 Å². The maximum atomic E-state index is 12.4. The highest BCUT2D eigenvalue weighted by atomic mass is 35.5. The molecule has 1 aliphatic rings. The van der Waals surface area contributed by atoms with Crippen molar-refractivity contribution in [3.63, 3.8) is 0 Å². The van der Waals surface area contributed by atoms with Crippen LogP contribution in [0.4, 0.5) is 11.4 Å². The highest BCUT2D eigenvalue weighted by Gasteiger charge is 2.41. The molecule has 0 atom stereocenters. The summed E-state index contributed by atoms with van der Waals surface area (Å²) in [6, 6.07) is 8.13. The van der Waals surface area contributed by atoms with Crippen LogP contribution in [0.5, 0.6) is 0 Å². The molecule has 0 fully saturated rings. The third-order valence-electron chi connectivity index (χ3n) is 3.68. The number of rotatable bonds is 4. The van der Waals surface area contributed by atoms with Gasteiger partial charge in [0.05, 0.1) is 21.2 Å². The zero-order valence-corrected chi connectivity index (χ0v) is 14.4. The first-order valence-electron chi connectivity index (χ1n) is 7.18. The van der Waals surface area contributed by atoms with Gasteiger partial charge in [-0.3, -0.25) is 29.4 Å². The predicted octanol–water partition coefficient (Wildman–Crippen LogP) is 3.14. The lowest BCUT2D eigenvalue weighted by Gasteiger charge is -2.14. The van der Waals surface area contributed by atoms with Gasteiger partial charge in [0.15, 0.2) is 0 Å². The van der Waals surface area contributed by atoms with Gasteiger partial charge in [-0.05, 0) is 24.3 Å². The van der Waals surface area contributed by atoms with Gasteiger partial charge in [-0.25, -0.2) is 0 Å². The SMILES string of the molecule is O=C(CN1C(=O)c2cccc([N+](=O)[O-])c2C1=O)Nc1ccc(Cl)cc1Cl. The fourth-order valence-corrected chi connectivity index (χ4v) is 2.99. The number of amides is 3. The molecule has 132 valence electrons. The van der Waals surface area contributed by atoms with E-state index in [1.807, 2.05) is 0 Å². The van der Waals surface area contributed by atoms with Crippen molar-refractivity contribution in [2.24, 2.45) is 0 Å². The predicted molar refractivity (Wildman–Crippen MR) is 93.6 cm³/mol. The molecule has 0 saturated heterocycles. The van der Waals surface area contributed by atoms with Gasteiger partial charge < -0.3 is 5.32 Å². The average molecular weight is 394 g/mol. The minimum absolute atomic E-state index is 0.110. The number of carbonyl (C=O) groups excluding carboxylic acids is 3. The molecule has 1 heterocycles. The number of fused-ring (bicyclic) bond motifs is 1. The number of nitro benzene ring substituents is 1. The monoisotopic (exact) mass is 393 g/mol. The molecule has 0 spiro atoms. The summed E-state index contributed by atoms with van der Waals surface area (Å²) in [5, 5.41) is 14.1. The summed E-state index contributed by atoms with van der Waals surface area (Å²) in [6.07, 6.45) is 0. The van der Waals surface area contributed by atoms with Crippen molar-refractivity contribution in [2.75, 3.05) is 11.9 Å². The highest BCUT2D eigenvalue weighted by molar-refractivity contribution is 6.36. The smallest absolute Gasteiger partial charge is 0.282 e. The average Bonchev–Trinajstić information content (AvgIpc) is 2.82. The first-order valence-corrected chi connectivity index (χ1v) is 7.93. The molecule has 0 saturated carbocycles. The first-order chi connectivity index (χ1) is 12.3. The Hall–Kier alpha value is -2.97. The van der Waals surface area contributed by atoms with Crippen LogP contribution in [-0.2, 0) is 4.79 Å². The van der Waals surface area contributed by atoms with Crippen LogP contribution in [0.25, 0.3) is 0 Å². The van der Waals surface area contributed by atoms with Gasteiger partial charge in [0, 0.05) is 11.1 Å². The van der Waals surface area contributed by atoms with Crippen molar-refractivity contribution in [1.82, 2.24) is 4.90 Å².